The molecular formula is C22H24N2O3. The Bertz CT molecular complexity index is 895. The summed E-state index contributed by atoms with van der Waals surface area (Å²) in [4.78, 5) is 11.9. The van der Waals surface area contributed by atoms with E-state index < -0.39 is 0 Å². The van der Waals surface area contributed by atoms with Crippen molar-refractivity contribution in [2.24, 2.45) is 0 Å². The quantitative estimate of drug-likeness (QED) is 0.598. The lowest BCUT2D eigenvalue weighted by molar-refractivity contribution is 0.236. The lowest BCUT2D eigenvalue weighted by Gasteiger charge is -2.11. The Morgan fingerprint density at radius 3 is 2.48 bits per heavy atom. The van der Waals surface area contributed by atoms with E-state index >= 15 is 0 Å². The minimum absolute atomic E-state index is 0.202. The molecule has 0 saturated heterocycles. The first kappa shape index (κ1) is 18.6. The lowest BCUT2D eigenvalue weighted by Crippen LogP contribution is -2.38. The number of carbonyl (C=O) groups is 1. The van der Waals surface area contributed by atoms with E-state index in [2.05, 4.69) is 22.8 Å². The normalized spacial score (nSPS) is 10.4. The maximum atomic E-state index is 11.9. The molecule has 3 rings (SSSR count). The van der Waals surface area contributed by atoms with Gasteiger partial charge in [0.1, 0.15) is 18.1 Å². The van der Waals surface area contributed by atoms with Crippen molar-refractivity contribution in [3.05, 3.63) is 72.3 Å². The number of benzene rings is 3. The number of para-hydroxylation sites is 1. The molecule has 0 saturated carbocycles. The van der Waals surface area contributed by atoms with Crippen molar-refractivity contribution in [1.29, 1.82) is 0 Å². The molecule has 2 amide bonds. The van der Waals surface area contributed by atoms with Crippen LogP contribution in [0.25, 0.3) is 10.8 Å². The zero-order chi connectivity index (χ0) is 18.9. The van der Waals surface area contributed by atoms with Gasteiger partial charge in [-0.25, -0.2) is 4.79 Å². The number of carbonyl (C=O) groups excluding carboxylic acids is 1. The van der Waals surface area contributed by atoms with Gasteiger partial charge >= 0.3 is 6.03 Å². The predicted molar refractivity (Wildman–Crippen MR) is 108 cm³/mol. The summed E-state index contributed by atoms with van der Waals surface area (Å²) in [5, 5.41) is 7.96. The topological polar surface area (TPSA) is 59.6 Å². The number of hydrogen-bond donors (Lipinski definition) is 2. The number of rotatable bonds is 8. The number of methoxy groups -OCH3 is 1. The molecular weight excluding hydrogens is 340 g/mol. The van der Waals surface area contributed by atoms with Crippen molar-refractivity contribution < 1.29 is 14.3 Å². The van der Waals surface area contributed by atoms with Crippen molar-refractivity contribution in [3.63, 3.8) is 0 Å². The fourth-order valence-corrected chi connectivity index (χ4v) is 2.87. The minimum atomic E-state index is -0.202. The minimum Gasteiger partial charge on any atom is -0.496 e. The van der Waals surface area contributed by atoms with Crippen LogP contribution >= 0.6 is 0 Å². The SMILES string of the molecule is COc1ccccc1CCNC(=O)NCCOc1ccc2ccccc2c1. The molecule has 3 aromatic rings. The van der Waals surface area contributed by atoms with Crippen molar-refractivity contribution >= 4 is 16.8 Å². The monoisotopic (exact) mass is 364 g/mol. The Hall–Kier alpha value is -3.21. The van der Waals surface area contributed by atoms with Crippen molar-refractivity contribution in [2.45, 2.75) is 6.42 Å². The van der Waals surface area contributed by atoms with Gasteiger partial charge in [0.25, 0.3) is 0 Å². The Morgan fingerprint density at radius 1 is 0.889 bits per heavy atom. The first-order chi connectivity index (χ1) is 13.3. The van der Waals surface area contributed by atoms with Crippen molar-refractivity contribution in [3.8, 4) is 11.5 Å². The van der Waals surface area contributed by atoms with Gasteiger partial charge < -0.3 is 20.1 Å². The first-order valence-electron chi connectivity index (χ1n) is 9.01. The van der Waals surface area contributed by atoms with E-state index in [1.807, 2.05) is 54.6 Å². The Morgan fingerprint density at radius 2 is 1.63 bits per heavy atom. The van der Waals surface area contributed by atoms with E-state index in [1.54, 1.807) is 7.11 Å². The van der Waals surface area contributed by atoms with Gasteiger partial charge in [0.05, 0.1) is 13.7 Å². The van der Waals surface area contributed by atoms with E-state index in [9.17, 15) is 4.79 Å². The van der Waals surface area contributed by atoms with E-state index in [-0.39, 0.29) is 6.03 Å². The molecule has 3 aromatic carbocycles. The molecule has 5 heteroatoms. The molecule has 0 atom stereocenters. The van der Waals surface area contributed by atoms with Crippen LogP contribution in [0.4, 0.5) is 4.79 Å². The highest BCUT2D eigenvalue weighted by atomic mass is 16.5. The fourth-order valence-electron chi connectivity index (χ4n) is 2.87. The molecule has 0 radical (unpaired) electrons. The summed E-state index contributed by atoms with van der Waals surface area (Å²) in [6.45, 7) is 1.39. The van der Waals surface area contributed by atoms with Crippen LogP contribution in [0, 0.1) is 0 Å². The molecule has 0 bridgehead atoms. The van der Waals surface area contributed by atoms with Crippen molar-refractivity contribution in [1.82, 2.24) is 10.6 Å². The summed E-state index contributed by atoms with van der Waals surface area (Å²) in [5.74, 6) is 1.63. The summed E-state index contributed by atoms with van der Waals surface area (Å²) in [6.07, 6.45) is 0.713. The van der Waals surface area contributed by atoms with Gasteiger partial charge in [-0.3, -0.25) is 0 Å². The van der Waals surface area contributed by atoms with Crippen LogP contribution in [0.15, 0.2) is 66.7 Å². The first-order valence-corrected chi connectivity index (χ1v) is 9.01. The van der Waals surface area contributed by atoms with Crippen LogP contribution in [0.2, 0.25) is 0 Å². The zero-order valence-electron chi connectivity index (χ0n) is 15.4. The number of ether oxygens (including phenoxy) is 2. The largest absolute Gasteiger partial charge is 0.496 e. The number of urea groups is 1. The van der Waals surface area contributed by atoms with Crippen LogP contribution < -0.4 is 20.1 Å². The molecule has 0 spiro atoms. The second-order valence-electron chi connectivity index (χ2n) is 6.10. The molecule has 0 aliphatic heterocycles. The summed E-state index contributed by atoms with van der Waals surface area (Å²) >= 11 is 0. The van der Waals surface area contributed by atoms with Crippen LogP contribution in [0.1, 0.15) is 5.56 Å². The molecule has 5 nitrogen and oxygen atoms in total. The van der Waals surface area contributed by atoms with Crippen LogP contribution in [-0.4, -0.2) is 32.8 Å². The summed E-state index contributed by atoms with van der Waals surface area (Å²) in [6, 6.07) is 21.7. The summed E-state index contributed by atoms with van der Waals surface area (Å²) < 4.78 is 11.0. The average Bonchev–Trinajstić information content (AvgIpc) is 2.71. The van der Waals surface area contributed by atoms with Gasteiger partial charge in [0.2, 0.25) is 0 Å². The Labute approximate surface area is 159 Å². The Balaban J connectivity index is 1.35. The maximum Gasteiger partial charge on any atom is 0.314 e. The lowest BCUT2D eigenvalue weighted by atomic mass is 10.1. The van der Waals surface area contributed by atoms with Gasteiger partial charge in [0, 0.05) is 6.54 Å². The molecule has 0 aliphatic rings. The van der Waals surface area contributed by atoms with Crippen LogP contribution in [-0.2, 0) is 6.42 Å². The van der Waals surface area contributed by atoms with Gasteiger partial charge in [-0.2, -0.15) is 0 Å². The third kappa shape index (κ3) is 5.38. The highest BCUT2D eigenvalue weighted by Crippen LogP contribution is 2.20. The number of amides is 2. The van der Waals surface area contributed by atoms with Crippen LogP contribution in [0.5, 0.6) is 11.5 Å². The number of nitrogens with one attached hydrogen (secondary N) is 2. The third-order valence-corrected chi connectivity index (χ3v) is 4.25. The summed E-state index contributed by atoms with van der Waals surface area (Å²) in [7, 11) is 1.65. The van der Waals surface area contributed by atoms with Crippen molar-refractivity contribution in [2.75, 3.05) is 26.8 Å². The van der Waals surface area contributed by atoms with Gasteiger partial charge in [-0.05, 0) is 41.0 Å². The smallest absolute Gasteiger partial charge is 0.314 e. The van der Waals surface area contributed by atoms with Crippen LogP contribution in [0.3, 0.4) is 0 Å². The van der Waals surface area contributed by atoms with E-state index in [0.717, 1.165) is 22.4 Å². The van der Waals surface area contributed by atoms with E-state index in [1.165, 1.54) is 5.39 Å². The molecule has 0 heterocycles. The van der Waals surface area contributed by atoms with E-state index in [0.29, 0.717) is 26.1 Å². The van der Waals surface area contributed by atoms with Gasteiger partial charge in [0.15, 0.2) is 0 Å². The van der Waals surface area contributed by atoms with Gasteiger partial charge in [-0.1, -0.05) is 48.5 Å². The molecule has 0 aromatic heterocycles. The standard InChI is InChI=1S/C22H24N2O3/c1-26-21-9-5-4-7-18(21)12-13-23-22(25)24-14-15-27-20-11-10-17-6-2-3-8-19(17)16-20/h2-11,16H,12-15H2,1H3,(H2,23,24,25). The second kappa shape index (κ2) is 9.48. The fraction of sp³-hybridized carbons (Fsp3) is 0.227. The molecule has 2 N–H and O–H groups in total. The molecule has 0 aliphatic carbocycles. The molecule has 27 heavy (non-hydrogen) atoms. The summed E-state index contributed by atoms with van der Waals surface area (Å²) in [5.41, 5.74) is 1.07. The highest BCUT2D eigenvalue weighted by Gasteiger charge is 2.04. The molecule has 0 unspecified atom stereocenters. The maximum absolute atomic E-state index is 11.9. The van der Waals surface area contributed by atoms with E-state index in [4.69, 9.17) is 9.47 Å². The number of fused-ring (bicyclic) bond motifs is 1. The predicted octanol–water partition coefficient (Wildman–Crippen LogP) is 3.77. The number of hydrogen-bond acceptors (Lipinski definition) is 3. The highest BCUT2D eigenvalue weighted by molar-refractivity contribution is 5.83. The van der Waals surface area contributed by atoms with Gasteiger partial charge in [-0.15, -0.1) is 0 Å². The second-order valence-corrected chi connectivity index (χ2v) is 6.10. The average molecular weight is 364 g/mol. The molecule has 0 fully saturated rings. The Kier molecular flexibility index (Phi) is 6.52. The molecule has 140 valence electrons. The third-order valence-electron chi connectivity index (χ3n) is 4.25. The zero-order valence-corrected chi connectivity index (χ0v) is 15.4.